The molecule has 0 bridgehead atoms. The Morgan fingerprint density at radius 3 is 2.34 bits per heavy atom. The molecule has 1 aromatic heterocycles. The van der Waals surface area contributed by atoms with Gasteiger partial charge in [-0.05, 0) is 41.5 Å². The van der Waals surface area contributed by atoms with Gasteiger partial charge >= 0.3 is 12.3 Å². The number of amides is 2. The van der Waals surface area contributed by atoms with Crippen LogP contribution >= 0.6 is 0 Å². The maximum atomic E-state index is 13.7. The Kier molecular flexibility index (Phi) is 5.79. The minimum Gasteiger partial charge on any atom is -0.465 e. The molecule has 3 aromatic rings. The molecule has 0 radical (unpaired) electrons. The number of ether oxygens (including phenoxy) is 1. The molecule has 0 atom stereocenters. The van der Waals surface area contributed by atoms with Gasteiger partial charge in [0, 0.05) is 24.0 Å². The molecule has 1 aliphatic rings. The average Bonchev–Trinajstić information content (AvgIpc) is 3.19. The van der Waals surface area contributed by atoms with Crippen LogP contribution in [0.5, 0.6) is 0 Å². The summed E-state index contributed by atoms with van der Waals surface area (Å²) in [6.45, 7) is 1.67. The molecule has 32 heavy (non-hydrogen) atoms. The highest BCUT2D eigenvalue weighted by Gasteiger charge is 2.35. The number of carboxylic acid groups (broad SMARTS) is 1. The molecule has 10 heteroatoms. The Morgan fingerprint density at radius 1 is 1.03 bits per heavy atom. The fourth-order valence-corrected chi connectivity index (χ4v) is 3.59. The molecule has 2 amide bonds. The van der Waals surface area contributed by atoms with Crippen LogP contribution in [0.4, 0.5) is 18.0 Å². The van der Waals surface area contributed by atoms with Crippen LogP contribution in [-0.2, 0) is 17.5 Å². The van der Waals surface area contributed by atoms with Crippen LogP contribution in [0.2, 0.25) is 0 Å². The van der Waals surface area contributed by atoms with Crippen molar-refractivity contribution in [3.8, 4) is 11.1 Å². The van der Waals surface area contributed by atoms with E-state index in [0.717, 1.165) is 6.07 Å². The van der Waals surface area contributed by atoms with Crippen molar-refractivity contribution in [2.75, 3.05) is 26.3 Å². The molecular formula is C22H19F3N2O5. The van der Waals surface area contributed by atoms with Gasteiger partial charge in [-0.25, -0.2) is 4.79 Å². The third-order valence-electron chi connectivity index (χ3n) is 5.15. The number of fused-ring (bicyclic) bond motifs is 1. The van der Waals surface area contributed by atoms with Crippen molar-refractivity contribution in [3.63, 3.8) is 0 Å². The zero-order chi connectivity index (χ0) is 22.9. The van der Waals surface area contributed by atoms with Crippen LogP contribution in [0, 0.1) is 0 Å². The molecule has 0 unspecified atom stereocenters. The van der Waals surface area contributed by atoms with Crippen LogP contribution in [0.15, 0.2) is 46.9 Å². The topological polar surface area (TPSA) is 92.0 Å². The first kappa shape index (κ1) is 21.7. The molecule has 0 saturated carbocycles. The molecule has 0 spiro atoms. The van der Waals surface area contributed by atoms with E-state index in [4.69, 9.17) is 14.3 Å². The summed E-state index contributed by atoms with van der Waals surface area (Å²) in [7, 11) is 0. The van der Waals surface area contributed by atoms with E-state index in [2.05, 4.69) is 5.32 Å². The predicted molar refractivity (Wildman–Crippen MR) is 108 cm³/mol. The van der Waals surface area contributed by atoms with Gasteiger partial charge in [0.1, 0.15) is 11.3 Å². The first-order chi connectivity index (χ1) is 15.2. The molecular weight excluding hydrogens is 429 g/mol. The Bertz CT molecular complexity index is 1150. The van der Waals surface area contributed by atoms with Crippen LogP contribution in [0.1, 0.15) is 21.7 Å². The smallest absolute Gasteiger partial charge is 0.420 e. The Hall–Kier alpha value is -3.53. The largest absolute Gasteiger partial charge is 0.465 e. The number of halogens is 3. The lowest BCUT2D eigenvalue weighted by molar-refractivity contribution is -0.136. The molecule has 2 N–H and O–H groups in total. The highest BCUT2D eigenvalue weighted by atomic mass is 19.4. The first-order valence-electron chi connectivity index (χ1n) is 9.80. The van der Waals surface area contributed by atoms with Gasteiger partial charge in [-0.3, -0.25) is 4.79 Å². The summed E-state index contributed by atoms with van der Waals surface area (Å²) in [4.78, 5) is 24.9. The standard InChI is InChI=1S/C22H19F3N2O5/c23-22(24,25)18-11-15(9-16-10-17(32-19(16)18)12-26-21(29)30)13-1-3-14(4-2-13)20(28)27-5-7-31-8-6-27/h1-4,9-11,26H,5-8,12H2,(H,29,30). The Labute approximate surface area is 180 Å². The minimum absolute atomic E-state index is 0.0662. The van der Waals surface area contributed by atoms with E-state index in [1.54, 1.807) is 29.2 Å². The number of nitrogens with one attached hydrogen (secondary N) is 1. The van der Waals surface area contributed by atoms with E-state index < -0.39 is 17.8 Å². The zero-order valence-corrected chi connectivity index (χ0v) is 16.7. The van der Waals surface area contributed by atoms with Gasteiger partial charge in [-0.15, -0.1) is 0 Å². The first-order valence-corrected chi connectivity index (χ1v) is 9.80. The third-order valence-corrected chi connectivity index (χ3v) is 5.15. The van der Waals surface area contributed by atoms with Crippen molar-refractivity contribution < 1.29 is 37.0 Å². The number of nitrogens with zero attached hydrogens (tertiary/aromatic N) is 1. The quantitative estimate of drug-likeness (QED) is 0.619. The van der Waals surface area contributed by atoms with Crippen LogP contribution in [-0.4, -0.2) is 48.3 Å². The lowest BCUT2D eigenvalue weighted by Crippen LogP contribution is -2.40. The second kappa shape index (κ2) is 8.54. The van der Waals surface area contributed by atoms with E-state index in [9.17, 15) is 22.8 Å². The fourth-order valence-electron chi connectivity index (χ4n) is 3.59. The number of hydrogen-bond donors (Lipinski definition) is 2. The number of hydrogen-bond acceptors (Lipinski definition) is 4. The molecule has 1 aliphatic heterocycles. The second-order valence-electron chi connectivity index (χ2n) is 7.29. The highest BCUT2D eigenvalue weighted by Crippen LogP contribution is 2.39. The molecule has 0 aliphatic carbocycles. The summed E-state index contributed by atoms with van der Waals surface area (Å²) >= 11 is 0. The van der Waals surface area contributed by atoms with E-state index in [-0.39, 0.29) is 29.2 Å². The number of carbonyl (C=O) groups excluding carboxylic acids is 1. The van der Waals surface area contributed by atoms with Crippen molar-refractivity contribution in [1.29, 1.82) is 0 Å². The number of furan rings is 1. The molecule has 2 heterocycles. The Balaban J connectivity index is 1.67. The number of morpholine rings is 1. The van der Waals surface area contributed by atoms with Gasteiger partial charge in [0.05, 0.1) is 25.3 Å². The van der Waals surface area contributed by atoms with Crippen molar-refractivity contribution in [1.82, 2.24) is 10.2 Å². The van der Waals surface area contributed by atoms with Gasteiger partial charge in [0.15, 0.2) is 0 Å². The average molecular weight is 448 g/mol. The second-order valence-corrected chi connectivity index (χ2v) is 7.29. The summed E-state index contributed by atoms with van der Waals surface area (Å²) in [5.41, 5.74) is -0.0724. The summed E-state index contributed by atoms with van der Waals surface area (Å²) in [5, 5.41) is 11.0. The van der Waals surface area contributed by atoms with Crippen molar-refractivity contribution in [2.24, 2.45) is 0 Å². The van der Waals surface area contributed by atoms with Crippen LogP contribution in [0.25, 0.3) is 22.1 Å². The van der Waals surface area contributed by atoms with Crippen molar-refractivity contribution in [3.05, 3.63) is 59.4 Å². The summed E-state index contributed by atoms with van der Waals surface area (Å²) < 4.78 is 51.6. The van der Waals surface area contributed by atoms with Crippen LogP contribution < -0.4 is 5.32 Å². The van der Waals surface area contributed by atoms with E-state index >= 15 is 0 Å². The normalized spacial score (nSPS) is 14.5. The molecule has 1 fully saturated rings. The Morgan fingerprint density at radius 2 is 1.72 bits per heavy atom. The van der Waals surface area contributed by atoms with Gasteiger partial charge in [-0.1, -0.05) is 12.1 Å². The van der Waals surface area contributed by atoms with E-state index in [1.807, 2.05) is 0 Å². The number of carbonyl (C=O) groups is 2. The van der Waals surface area contributed by atoms with Gasteiger partial charge in [-0.2, -0.15) is 13.2 Å². The monoisotopic (exact) mass is 448 g/mol. The highest BCUT2D eigenvalue weighted by molar-refractivity contribution is 5.95. The molecule has 7 nitrogen and oxygen atoms in total. The molecule has 168 valence electrons. The summed E-state index contributed by atoms with van der Waals surface area (Å²) in [6, 6.07) is 10.3. The molecule has 1 saturated heterocycles. The predicted octanol–water partition coefficient (Wildman–Crippen LogP) is 4.36. The van der Waals surface area contributed by atoms with Crippen molar-refractivity contribution in [2.45, 2.75) is 12.7 Å². The van der Waals surface area contributed by atoms with E-state index in [1.165, 1.54) is 12.1 Å². The lowest BCUT2D eigenvalue weighted by Gasteiger charge is -2.26. The van der Waals surface area contributed by atoms with Crippen molar-refractivity contribution >= 4 is 23.0 Å². The van der Waals surface area contributed by atoms with E-state index in [0.29, 0.717) is 43.0 Å². The van der Waals surface area contributed by atoms with Gasteiger partial charge in [0.2, 0.25) is 0 Å². The minimum atomic E-state index is -4.67. The SMILES string of the molecule is O=C(O)NCc1cc2cc(-c3ccc(C(=O)N4CCOCC4)cc3)cc(C(F)(F)F)c2o1. The fraction of sp³-hybridized carbons (Fsp3) is 0.273. The van der Waals surface area contributed by atoms with Gasteiger partial charge in [0.25, 0.3) is 5.91 Å². The summed E-state index contributed by atoms with van der Waals surface area (Å²) in [6.07, 6.45) is -5.98. The zero-order valence-electron chi connectivity index (χ0n) is 16.7. The van der Waals surface area contributed by atoms with Gasteiger partial charge < -0.3 is 24.5 Å². The summed E-state index contributed by atoms with van der Waals surface area (Å²) in [5.74, 6) is -0.0896. The number of rotatable bonds is 4. The lowest BCUT2D eigenvalue weighted by atomic mass is 9.99. The van der Waals surface area contributed by atoms with Crippen LogP contribution in [0.3, 0.4) is 0 Å². The molecule has 4 rings (SSSR count). The number of benzene rings is 2. The third kappa shape index (κ3) is 4.54. The molecule has 2 aromatic carbocycles. The number of alkyl halides is 3. The maximum Gasteiger partial charge on any atom is 0.420 e. The maximum absolute atomic E-state index is 13.7.